The molecule has 1 aromatic heterocycles. The Morgan fingerprint density at radius 1 is 1.35 bits per heavy atom. The first-order chi connectivity index (χ1) is 9.62. The van der Waals surface area contributed by atoms with Gasteiger partial charge in [-0.25, -0.2) is 9.97 Å². The maximum absolute atomic E-state index is 5.78. The van der Waals surface area contributed by atoms with E-state index in [1.54, 1.807) is 11.8 Å². The van der Waals surface area contributed by atoms with Crippen molar-refractivity contribution in [2.75, 3.05) is 36.1 Å². The first-order valence-electron chi connectivity index (χ1n) is 7.19. The molecule has 1 N–H and O–H groups in total. The number of rotatable bonds is 5. The van der Waals surface area contributed by atoms with Gasteiger partial charge in [-0.15, -0.1) is 0 Å². The van der Waals surface area contributed by atoms with Gasteiger partial charge >= 0.3 is 0 Å². The Hall–Kier alpha value is -1.01. The molecule has 0 amide bonds. The molecule has 2 heterocycles. The number of hydrogen-bond acceptors (Lipinski definition) is 6. The molecule has 1 fully saturated rings. The number of nitrogens with one attached hydrogen (secondary N) is 1. The van der Waals surface area contributed by atoms with Gasteiger partial charge in [0.05, 0.1) is 12.2 Å². The summed E-state index contributed by atoms with van der Waals surface area (Å²) in [4.78, 5) is 11.4. The van der Waals surface area contributed by atoms with Crippen LogP contribution in [-0.4, -0.2) is 48.1 Å². The van der Waals surface area contributed by atoms with Crippen molar-refractivity contribution in [2.24, 2.45) is 0 Å². The van der Waals surface area contributed by atoms with Crippen molar-refractivity contribution in [3.63, 3.8) is 0 Å². The van der Waals surface area contributed by atoms with Crippen LogP contribution in [-0.2, 0) is 4.74 Å². The summed E-state index contributed by atoms with van der Waals surface area (Å²) in [5.74, 6) is 1.90. The molecule has 6 heteroatoms. The van der Waals surface area contributed by atoms with Crippen LogP contribution in [0, 0.1) is 0 Å². The van der Waals surface area contributed by atoms with E-state index in [0.717, 1.165) is 42.8 Å². The van der Waals surface area contributed by atoms with Gasteiger partial charge in [0.2, 0.25) is 0 Å². The fourth-order valence-electron chi connectivity index (χ4n) is 2.37. The largest absolute Gasteiger partial charge is 0.372 e. The Morgan fingerprint density at radius 2 is 2.05 bits per heavy atom. The predicted octanol–water partition coefficient (Wildman–Crippen LogP) is 2.63. The molecule has 20 heavy (non-hydrogen) atoms. The Morgan fingerprint density at radius 3 is 2.65 bits per heavy atom. The monoisotopic (exact) mass is 296 g/mol. The van der Waals surface area contributed by atoms with Crippen LogP contribution in [0.2, 0.25) is 0 Å². The SMILES string of the molecule is CCCNc1cc(N2CC(C)OC(C)C2)nc(SC)n1. The molecular weight excluding hydrogens is 272 g/mol. The zero-order chi connectivity index (χ0) is 14.5. The van der Waals surface area contributed by atoms with Gasteiger partial charge in [-0.2, -0.15) is 0 Å². The molecule has 0 aliphatic carbocycles. The van der Waals surface area contributed by atoms with E-state index in [4.69, 9.17) is 4.74 Å². The van der Waals surface area contributed by atoms with Crippen LogP contribution in [0.5, 0.6) is 0 Å². The van der Waals surface area contributed by atoms with E-state index in [2.05, 4.69) is 41.0 Å². The molecule has 1 saturated heterocycles. The number of morpholine rings is 1. The third-order valence-corrected chi connectivity index (χ3v) is 3.72. The van der Waals surface area contributed by atoms with Gasteiger partial charge in [-0.05, 0) is 26.5 Å². The van der Waals surface area contributed by atoms with Crippen molar-refractivity contribution in [3.05, 3.63) is 6.07 Å². The Balaban J connectivity index is 2.20. The van der Waals surface area contributed by atoms with Crippen LogP contribution in [0.3, 0.4) is 0 Å². The zero-order valence-corrected chi connectivity index (χ0v) is 13.5. The fraction of sp³-hybridized carbons (Fsp3) is 0.714. The van der Waals surface area contributed by atoms with E-state index < -0.39 is 0 Å². The Bertz CT molecular complexity index is 433. The molecule has 112 valence electrons. The van der Waals surface area contributed by atoms with Gasteiger partial charge in [0.1, 0.15) is 11.6 Å². The van der Waals surface area contributed by atoms with Crippen molar-refractivity contribution >= 4 is 23.4 Å². The van der Waals surface area contributed by atoms with Crippen molar-refractivity contribution in [3.8, 4) is 0 Å². The topological polar surface area (TPSA) is 50.3 Å². The maximum Gasteiger partial charge on any atom is 0.191 e. The van der Waals surface area contributed by atoms with Crippen LogP contribution in [0.25, 0.3) is 0 Å². The third kappa shape index (κ3) is 3.99. The Kier molecular flexibility index (Phi) is 5.48. The minimum Gasteiger partial charge on any atom is -0.372 e. The van der Waals surface area contributed by atoms with Crippen LogP contribution in [0.15, 0.2) is 11.2 Å². The molecule has 0 radical (unpaired) electrons. The number of anilines is 2. The maximum atomic E-state index is 5.78. The highest BCUT2D eigenvalue weighted by Crippen LogP contribution is 2.23. The molecule has 0 bridgehead atoms. The second-order valence-electron chi connectivity index (χ2n) is 5.19. The van der Waals surface area contributed by atoms with Crippen LogP contribution in [0.4, 0.5) is 11.6 Å². The highest BCUT2D eigenvalue weighted by Gasteiger charge is 2.23. The Labute approximate surface area is 125 Å². The third-order valence-electron chi connectivity index (χ3n) is 3.17. The predicted molar refractivity (Wildman–Crippen MR) is 84.8 cm³/mol. The minimum absolute atomic E-state index is 0.235. The van der Waals surface area contributed by atoms with E-state index in [1.807, 2.05) is 12.3 Å². The quantitative estimate of drug-likeness (QED) is 0.666. The van der Waals surface area contributed by atoms with Crippen molar-refractivity contribution in [1.29, 1.82) is 0 Å². The normalized spacial score (nSPS) is 22.9. The molecule has 0 aromatic carbocycles. The van der Waals surface area contributed by atoms with Gasteiger partial charge in [-0.3, -0.25) is 0 Å². The standard InChI is InChI=1S/C14H24N4OS/c1-5-6-15-12-7-13(17-14(16-12)20-4)18-8-10(2)19-11(3)9-18/h7,10-11H,5-6,8-9H2,1-4H3,(H,15,16,17). The molecule has 5 nitrogen and oxygen atoms in total. The van der Waals surface area contributed by atoms with Gasteiger partial charge in [0, 0.05) is 25.7 Å². The second kappa shape index (κ2) is 7.13. The minimum atomic E-state index is 0.235. The molecule has 2 unspecified atom stereocenters. The number of ether oxygens (including phenoxy) is 1. The molecule has 1 aliphatic rings. The van der Waals surface area contributed by atoms with E-state index >= 15 is 0 Å². The summed E-state index contributed by atoms with van der Waals surface area (Å²) in [6.45, 7) is 9.05. The molecule has 1 aromatic rings. The number of aromatic nitrogens is 2. The van der Waals surface area contributed by atoms with E-state index in [9.17, 15) is 0 Å². The summed E-state index contributed by atoms with van der Waals surface area (Å²) >= 11 is 1.58. The summed E-state index contributed by atoms with van der Waals surface area (Å²) in [6, 6.07) is 2.04. The number of hydrogen-bond donors (Lipinski definition) is 1. The lowest BCUT2D eigenvalue weighted by Gasteiger charge is -2.36. The van der Waals surface area contributed by atoms with E-state index in [0.29, 0.717) is 0 Å². The summed E-state index contributed by atoms with van der Waals surface area (Å²) in [7, 11) is 0. The van der Waals surface area contributed by atoms with E-state index in [1.165, 1.54) is 0 Å². The van der Waals surface area contributed by atoms with Gasteiger partial charge in [0.15, 0.2) is 5.16 Å². The molecule has 2 rings (SSSR count). The summed E-state index contributed by atoms with van der Waals surface area (Å²) in [5.41, 5.74) is 0. The lowest BCUT2D eigenvalue weighted by atomic mass is 10.2. The van der Waals surface area contributed by atoms with Gasteiger partial charge in [0.25, 0.3) is 0 Å². The second-order valence-corrected chi connectivity index (χ2v) is 5.96. The van der Waals surface area contributed by atoms with Crippen LogP contribution in [0.1, 0.15) is 27.2 Å². The average molecular weight is 296 g/mol. The average Bonchev–Trinajstić information content (AvgIpc) is 2.43. The smallest absolute Gasteiger partial charge is 0.191 e. The van der Waals surface area contributed by atoms with Crippen LogP contribution >= 0.6 is 11.8 Å². The first-order valence-corrected chi connectivity index (χ1v) is 8.42. The number of thioether (sulfide) groups is 1. The lowest BCUT2D eigenvalue weighted by molar-refractivity contribution is -0.00549. The number of nitrogens with zero attached hydrogens (tertiary/aromatic N) is 3. The summed E-state index contributed by atoms with van der Waals surface area (Å²) < 4.78 is 5.78. The summed E-state index contributed by atoms with van der Waals surface area (Å²) in [6.07, 6.45) is 3.56. The highest BCUT2D eigenvalue weighted by atomic mass is 32.2. The van der Waals surface area contributed by atoms with Crippen molar-refractivity contribution in [2.45, 2.75) is 44.6 Å². The molecule has 0 saturated carbocycles. The van der Waals surface area contributed by atoms with Gasteiger partial charge < -0.3 is 15.0 Å². The molecule has 1 aliphatic heterocycles. The fourth-order valence-corrected chi connectivity index (χ4v) is 2.75. The van der Waals surface area contributed by atoms with E-state index in [-0.39, 0.29) is 12.2 Å². The van der Waals surface area contributed by atoms with Gasteiger partial charge in [-0.1, -0.05) is 18.7 Å². The molecule has 2 atom stereocenters. The van der Waals surface area contributed by atoms with Crippen molar-refractivity contribution < 1.29 is 4.74 Å². The van der Waals surface area contributed by atoms with Crippen LogP contribution < -0.4 is 10.2 Å². The zero-order valence-electron chi connectivity index (χ0n) is 12.7. The first kappa shape index (κ1) is 15.4. The molecule has 0 spiro atoms. The molecular formula is C14H24N4OS. The summed E-state index contributed by atoms with van der Waals surface area (Å²) in [5, 5.41) is 4.16. The highest BCUT2D eigenvalue weighted by molar-refractivity contribution is 7.98. The lowest BCUT2D eigenvalue weighted by Crippen LogP contribution is -2.45. The van der Waals surface area contributed by atoms with Crippen molar-refractivity contribution in [1.82, 2.24) is 9.97 Å².